The van der Waals surface area contributed by atoms with E-state index in [-0.39, 0.29) is 18.0 Å². The lowest BCUT2D eigenvalue weighted by atomic mass is 10.1. The molecule has 3 amide bonds. The van der Waals surface area contributed by atoms with E-state index in [0.717, 1.165) is 0 Å². The van der Waals surface area contributed by atoms with E-state index in [9.17, 15) is 27.6 Å². The number of benzene rings is 1. The average Bonchev–Trinajstić information content (AvgIpc) is 2.86. The average molecular weight is 378 g/mol. The normalized spacial score (nSPS) is 17.7. The molecule has 0 radical (unpaired) electrons. The Morgan fingerprint density at radius 2 is 1.96 bits per heavy atom. The lowest BCUT2D eigenvalue weighted by Gasteiger charge is -2.25. The molecule has 1 aromatic carbocycles. The predicted octanol–water partition coefficient (Wildman–Crippen LogP) is 1.57. The first kappa shape index (κ1) is 19.0. The first-order valence-electron chi connectivity index (χ1n) is 7.27. The van der Waals surface area contributed by atoms with E-state index in [1.165, 1.54) is 4.90 Å². The number of nitrogens with zero attached hydrogens (tertiary/aromatic N) is 2. The molecular formula is C15H15ClF3N3O3. The van der Waals surface area contributed by atoms with Crippen LogP contribution < -0.4 is 10.6 Å². The van der Waals surface area contributed by atoms with Gasteiger partial charge in [0.05, 0.1) is 23.2 Å². The molecule has 10 heteroatoms. The van der Waals surface area contributed by atoms with E-state index in [2.05, 4.69) is 0 Å². The summed E-state index contributed by atoms with van der Waals surface area (Å²) in [5.74, 6) is -3.45. The van der Waals surface area contributed by atoms with Gasteiger partial charge in [0.25, 0.3) is 0 Å². The summed E-state index contributed by atoms with van der Waals surface area (Å²) >= 11 is 6.02. The minimum absolute atomic E-state index is 0.117. The number of hydrogen-bond donors (Lipinski definition) is 1. The Bertz CT molecular complexity index is 696. The highest BCUT2D eigenvalue weighted by Gasteiger charge is 2.41. The molecule has 0 spiro atoms. The second-order valence-corrected chi connectivity index (χ2v) is 6.04. The maximum Gasteiger partial charge on any atom is 0.406 e. The SMILES string of the molecule is NC(=O)CN(CC(F)(F)F)C(=O)C1CC(=O)N(c2ccccc2Cl)C1. The van der Waals surface area contributed by atoms with E-state index >= 15 is 0 Å². The molecule has 1 aromatic rings. The van der Waals surface area contributed by atoms with Crippen LogP contribution in [0.5, 0.6) is 0 Å². The van der Waals surface area contributed by atoms with Crippen LogP contribution in [0.3, 0.4) is 0 Å². The quantitative estimate of drug-likeness (QED) is 0.845. The number of anilines is 1. The van der Waals surface area contributed by atoms with Gasteiger partial charge in [0.15, 0.2) is 0 Å². The summed E-state index contributed by atoms with van der Waals surface area (Å²) in [4.78, 5) is 37.1. The summed E-state index contributed by atoms with van der Waals surface area (Å²) < 4.78 is 37.9. The van der Waals surface area contributed by atoms with Crippen molar-refractivity contribution >= 4 is 35.0 Å². The van der Waals surface area contributed by atoms with Gasteiger partial charge in [0.1, 0.15) is 6.54 Å². The van der Waals surface area contributed by atoms with Gasteiger partial charge in [-0.1, -0.05) is 23.7 Å². The number of halogens is 4. The number of para-hydroxylation sites is 1. The van der Waals surface area contributed by atoms with Gasteiger partial charge in [0.2, 0.25) is 17.7 Å². The van der Waals surface area contributed by atoms with Crippen molar-refractivity contribution in [2.45, 2.75) is 12.6 Å². The molecule has 1 saturated heterocycles. The Morgan fingerprint density at radius 3 is 2.52 bits per heavy atom. The third-order valence-electron chi connectivity index (χ3n) is 3.65. The fourth-order valence-electron chi connectivity index (χ4n) is 2.65. The van der Waals surface area contributed by atoms with Crippen molar-refractivity contribution in [3.63, 3.8) is 0 Å². The molecule has 2 N–H and O–H groups in total. The molecular weight excluding hydrogens is 363 g/mol. The molecule has 1 aliphatic rings. The molecule has 0 aliphatic carbocycles. The summed E-state index contributed by atoms with van der Waals surface area (Å²) in [6, 6.07) is 6.44. The number of hydrogen-bond acceptors (Lipinski definition) is 3. The molecule has 2 rings (SSSR count). The summed E-state index contributed by atoms with van der Waals surface area (Å²) in [5.41, 5.74) is 5.30. The highest BCUT2D eigenvalue weighted by atomic mass is 35.5. The monoisotopic (exact) mass is 377 g/mol. The van der Waals surface area contributed by atoms with E-state index in [1.807, 2.05) is 0 Å². The Hall–Kier alpha value is -2.29. The highest BCUT2D eigenvalue weighted by molar-refractivity contribution is 6.33. The molecule has 1 unspecified atom stereocenters. The topological polar surface area (TPSA) is 83.7 Å². The maximum absolute atomic E-state index is 12.6. The predicted molar refractivity (Wildman–Crippen MR) is 83.7 cm³/mol. The maximum atomic E-state index is 12.6. The van der Waals surface area contributed by atoms with Crippen molar-refractivity contribution in [2.24, 2.45) is 11.7 Å². The summed E-state index contributed by atoms with van der Waals surface area (Å²) in [7, 11) is 0. The number of nitrogens with two attached hydrogens (primary N) is 1. The van der Waals surface area contributed by atoms with Gasteiger partial charge >= 0.3 is 6.18 Å². The summed E-state index contributed by atoms with van der Waals surface area (Å²) in [5, 5.41) is 0.285. The third-order valence-corrected chi connectivity index (χ3v) is 3.97. The lowest BCUT2D eigenvalue weighted by molar-refractivity contribution is -0.164. The highest BCUT2D eigenvalue weighted by Crippen LogP contribution is 2.32. The van der Waals surface area contributed by atoms with Gasteiger partial charge in [-0.15, -0.1) is 0 Å². The molecule has 1 heterocycles. The summed E-state index contributed by atoms with van der Waals surface area (Å²) in [6.07, 6.45) is -4.95. The van der Waals surface area contributed by atoms with Crippen molar-refractivity contribution in [3.8, 4) is 0 Å². The van der Waals surface area contributed by atoms with Gasteiger partial charge in [0, 0.05) is 13.0 Å². The van der Waals surface area contributed by atoms with Gasteiger partial charge in [-0.25, -0.2) is 0 Å². The van der Waals surface area contributed by atoms with Crippen LogP contribution in [0.15, 0.2) is 24.3 Å². The van der Waals surface area contributed by atoms with E-state index in [1.54, 1.807) is 24.3 Å². The number of carbonyl (C=O) groups is 3. The van der Waals surface area contributed by atoms with Crippen LogP contribution in [0.1, 0.15) is 6.42 Å². The number of carbonyl (C=O) groups excluding carboxylic acids is 3. The standard InChI is InChI=1S/C15H15ClF3N3O3/c16-10-3-1-2-4-11(10)22-6-9(5-13(22)24)14(25)21(7-12(20)23)8-15(17,18)19/h1-4,9H,5-8H2,(H2,20,23). The van der Waals surface area contributed by atoms with Crippen molar-refractivity contribution < 1.29 is 27.6 Å². The Morgan fingerprint density at radius 1 is 1.32 bits per heavy atom. The molecule has 6 nitrogen and oxygen atoms in total. The van der Waals surface area contributed by atoms with Gasteiger partial charge in [-0.2, -0.15) is 13.2 Å². The van der Waals surface area contributed by atoms with Crippen molar-refractivity contribution in [1.29, 1.82) is 0 Å². The fraction of sp³-hybridized carbons (Fsp3) is 0.400. The number of alkyl halides is 3. The molecule has 0 saturated carbocycles. The van der Waals surface area contributed by atoms with E-state index in [4.69, 9.17) is 17.3 Å². The third kappa shape index (κ3) is 4.85. The largest absolute Gasteiger partial charge is 0.406 e. The molecule has 1 fully saturated rings. The second kappa shape index (κ2) is 7.30. The Kier molecular flexibility index (Phi) is 5.56. The molecule has 25 heavy (non-hydrogen) atoms. The second-order valence-electron chi connectivity index (χ2n) is 5.63. The number of amides is 3. The minimum atomic E-state index is -4.68. The molecule has 0 aromatic heterocycles. The molecule has 0 bridgehead atoms. The van der Waals surface area contributed by atoms with Crippen molar-refractivity contribution in [1.82, 2.24) is 4.90 Å². The lowest BCUT2D eigenvalue weighted by Crippen LogP contribution is -2.46. The van der Waals surface area contributed by atoms with Gasteiger partial charge in [-0.05, 0) is 12.1 Å². The Balaban J connectivity index is 2.17. The van der Waals surface area contributed by atoms with Gasteiger partial charge < -0.3 is 15.5 Å². The van der Waals surface area contributed by atoms with E-state index in [0.29, 0.717) is 10.6 Å². The van der Waals surface area contributed by atoms with Crippen LogP contribution >= 0.6 is 11.6 Å². The van der Waals surface area contributed by atoms with Crippen LogP contribution in [-0.4, -0.2) is 48.4 Å². The van der Waals surface area contributed by atoms with Crippen LogP contribution in [0.2, 0.25) is 5.02 Å². The number of rotatable bonds is 5. The molecule has 1 atom stereocenters. The fourth-order valence-corrected chi connectivity index (χ4v) is 2.89. The summed E-state index contributed by atoms with van der Waals surface area (Å²) in [6.45, 7) is -2.59. The number of primary amides is 1. The minimum Gasteiger partial charge on any atom is -0.368 e. The zero-order valence-corrected chi connectivity index (χ0v) is 13.7. The Labute approximate surface area is 146 Å². The first-order chi connectivity index (χ1) is 11.6. The first-order valence-corrected chi connectivity index (χ1v) is 7.65. The zero-order valence-electron chi connectivity index (χ0n) is 12.9. The molecule has 1 aliphatic heterocycles. The van der Waals surface area contributed by atoms with Crippen LogP contribution in [0.4, 0.5) is 18.9 Å². The van der Waals surface area contributed by atoms with Gasteiger partial charge in [-0.3, -0.25) is 14.4 Å². The van der Waals surface area contributed by atoms with E-state index < -0.39 is 42.9 Å². The smallest absolute Gasteiger partial charge is 0.368 e. The van der Waals surface area contributed by atoms with Crippen LogP contribution in [0.25, 0.3) is 0 Å². The van der Waals surface area contributed by atoms with Crippen molar-refractivity contribution in [3.05, 3.63) is 29.3 Å². The van der Waals surface area contributed by atoms with Crippen LogP contribution in [-0.2, 0) is 14.4 Å². The molecule has 136 valence electrons. The zero-order chi connectivity index (χ0) is 18.8. The van der Waals surface area contributed by atoms with Crippen LogP contribution in [0, 0.1) is 5.92 Å². The van der Waals surface area contributed by atoms with Crippen molar-refractivity contribution in [2.75, 3.05) is 24.5 Å².